The van der Waals surface area contributed by atoms with Crippen LogP contribution in [0.2, 0.25) is 0 Å². The van der Waals surface area contributed by atoms with Gasteiger partial charge in [-0.15, -0.1) is 0 Å². The topological polar surface area (TPSA) is 111 Å². The van der Waals surface area contributed by atoms with E-state index >= 15 is 0 Å². The van der Waals surface area contributed by atoms with E-state index < -0.39 is 17.1 Å². The highest BCUT2D eigenvalue weighted by molar-refractivity contribution is 8.18. The van der Waals surface area contributed by atoms with Crippen molar-refractivity contribution in [2.24, 2.45) is 7.05 Å². The highest BCUT2D eigenvalue weighted by atomic mass is 32.2. The molecule has 0 bridgehead atoms. The molecule has 1 aliphatic rings. The van der Waals surface area contributed by atoms with Crippen LogP contribution in [0.1, 0.15) is 16.1 Å². The summed E-state index contributed by atoms with van der Waals surface area (Å²) in [6.07, 6.45) is 1.64. The van der Waals surface area contributed by atoms with Crippen LogP contribution in [0, 0.1) is 0 Å². The maximum atomic E-state index is 12.7. The lowest BCUT2D eigenvalue weighted by molar-refractivity contribution is -0.122. The Hall–Kier alpha value is -3.92. The van der Waals surface area contributed by atoms with Gasteiger partial charge in [0.25, 0.3) is 22.6 Å². The average molecular weight is 465 g/mol. The number of nitrogens with zero attached hydrogens (tertiary/aromatic N) is 3. The molecular formula is C23H20N4O5S. The first kappa shape index (κ1) is 22.3. The summed E-state index contributed by atoms with van der Waals surface area (Å²) in [4.78, 5) is 51.3. The van der Waals surface area contributed by atoms with Crippen LogP contribution in [-0.4, -0.2) is 51.9 Å². The Morgan fingerprint density at radius 3 is 2.48 bits per heavy atom. The predicted molar refractivity (Wildman–Crippen MR) is 125 cm³/mol. The monoisotopic (exact) mass is 464 g/mol. The van der Waals surface area contributed by atoms with Crippen LogP contribution in [0.15, 0.2) is 58.2 Å². The summed E-state index contributed by atoms with van der Waals surface area (Å²) in [7, 11) is 3.04. The molecule has 2 aromatic carbocycles. The first-order valence-electron chi connectivity index (χ1n) is 10.0. The first-order chi connectivity index (χ1) is 15.9. The van der Waals surface area contributed by atoms with Crippen molar-refractivity contribution in [1.29, 1.82) is 0 Å². The second kappa shape index (κ2) is 9.29. The van der Waals surface area contributed by atoms with Gasteiger partial charge in [0.1, 0.15) is 5.75 Å². The molecule has 9 nitrogen and oxygen atoms in total. The third-order valence-corrected chi connectivity index (χ3v) is 5.99. The molecule has 3 aromatic rings. The Bertz CT molecular complexity index is 1350. The van der Waals surface area contributed by atoms with Crippen molar-refractivity contribution in [1.82, 2.24) is 20.0 Å². The Kier molecular flexibility index (Phi) is 6.27. The van der Waals surface area contributed by atoms with Crippen molar-refractivity contribution in [2.45, 2.75) is 0 Å². The van der Waals surface area contributed by atoms with Gasteiger partial charge < -0.3 is 10.1 Å². The number of carbonyl (C=O) groups excluding carboxylic acids is 3. The zero-order valence-corrected chi connectivity index (χ0v) is 18.7. The van der Waals surface area contributed by atoms with Gasteiger partial charge in [0.15, 0.2) is 5.69 Å². The zero-order chi connectivity index (χ0) is 23.5. The van der Waals surface area contributed by atoms with Crippen LogP contribution in [0.5, 0.6) is 5.75 Å². The van der Waals surface area contributed by atoms with Crippen molar-refractivity contribution in [3.05, 3.63) is 75.0 Å². The molecule has 0 unspecified atom stereocenters. The number of ether oxygens (including phenoxy) is 1. The number of rotatable bonds is 6. The standard InChI is InChI=1S/C23H20N4O5S/c1-26-21(29)17-6-4-3-5-16(17)19(25-26)20(28)24-11-12-27-22(30)18(33-23(27)31)13-14-7-9-15(32-2)10-8-14/h3-10,13H,11-12H2,1-2H3,(H,24,28)/b18-13+. The fourth-order valence-electron chi connectivity index (χ4n) is 3.38. The normalized spacial score (nSPS) is 14.8. The number of amides is 3. The Balaban J connectivity index is 1.43. The number of imide groups is 1. The molecule has 2 heterocycles. The Morgan fingerprint density at radius 1 is 1.09 bits per heavy atom. The number of methoxy groups -OCH3 is 1. The van der Waals surface area contributed by atoms with E-state index in [0.717, 1.165) is 26.9 Å². The van der Waals surface area contributed by atoms with Crippen LogP contribution in [-0.2, 0) is 11.8 Å². The van der Waals surface area contributed by atoms with E-state index in [1.165, 1.54) is 7.05 Å². The van der Waals surface area contributed by atoms with E-state index in [9.17, 15) is 19.2 Å². The van der Waals surface area contributed by atoms with E-state index in [4.69, 9.17) is 4.74 Å². The molecule has 4 rings (SSSR count). The molecule has 0 aliphatic carbocycles. The molecule has 1 aliphatic heterocycles. The average Bonchev–Trinajstić information content (AvgIpc) is 3.09. The number of thioether (sulfide) groups is 1. The summed E-state index contributed by atoms with van der Waals surface area (Å²) in [6, 6.07) is 13.8. The molecule has 3 amide bonds. The highest BCUT2D eigenvalue weighted by Crippen LogP contribution is 2.32. The maximum absolute atomic E-state index is 12.7. The van der Waals surface area contributed by atoms with Crippen molar-refractivity contribution in [2.75, 3.05) is 20.2 Å². The van der Waals surface area contributed by atoms with Gasteiger partial charge in [-0.05, 0) is 41.6 Å². The lowest BCUT2D eigenvalue weighted by Crippen LogP contribution is -2.38. The van der Waals surface area contributed by atoms with E-state index in [-0.39, 0.29) is 24.3 Å². The van der Waals surface area contributed by atoms with Crippen molar-refractivity contribution >= 4 is 45.7 Å². The third kappa shape index (κ3) is 4.51. The van der Waals surface area contributed by atoms with E-state index in [1.807, 2.05) is 0 Å². The number of aryl methyl sites for hydroxylation is 1. The molecule has 33 heavy (non-hydrogen) atoms. The van der Waals surface area contributed by atoms with Crippen LogP contribution in [0.3, 0.4) is 0 Å². The summed E-state index contributed by atoms with van der Waals surface area (Å²) >= 11 is 0.851. The molecule has 0 atom stereocenters. The molecule has 1 N–H and O–H groups in total. The lowest BCUT2D eigenvalue weighted by atomic mass is 10.1. The summed E-state index contributed by atoms with van der Waals surface area (Å²) < 4.78 is 6.22. The summed E-state index contributed by atoms with van der Waals surface area (Å²) in [5, 5.41) is 7.17. The number of benzene rings is 2. The molecule has 1 saturated heterocycles. The van der Waals surface area contributed by atoms with E-state index in [1.54, 1.807) is 61.7 Å². The third-order valence-electron chi connectivity index (χ3n) is 5.08. The van der Waals surface area contributed by atoms with Gasteiger partial charge in [0, 0.05) is 25.5 Å². The summed E-state index contributed by atoms with van der Waals surface area (Å²) in [5.74, 6) is -0.222. The van der Waals surface area contributed by atoms with Crippen molar-refractivity contribution in [3.8, 4) is 5.75 Å². The van der Waals surface area contributed by atoms with Gasteiger partial charge >= 0.3 is 0 Å². The van der Waals surface area contributed by atoms with Crippen LogP contribution < -0.4 is 15.6 Å². The van der Waals surface area contributed by atoms with Gasteiger partial charge in [-0.25, -0.2) is 4.68 Å². The minimum absolute atomic E-state index is 0.0139. The number of nitrogens with one attached hydrogen (secondary N) is 1. The second-order valence-corrected chi connectivity index (χ2v) is 8.18. The van der Waals surface area contributed by atoms with Crippen molar-refractivity contribution in [3.63, 3.8) is 0 Å². The van der Waals surface area contributed by atoms with Gasteiger partial charge in [-0.3, -0.25) is 24.1 Å². The molecular weight excluding hydrogens is 444 g/mol. The Morgan fingerprint density at radius 2 is 1.79 bits per heavy atom. The minimum atomic E-state index is -0.498. The van der Waals surface area contributed by atoms with Gasteiger partial charge in [0.05, 0.1) is 17.4 Å². The van der Waals surface area contributed by atoms with Crippen molar-refractivity contribution < 1.29 is 19.1 Å². The second-order valence-electron chi connectivity index (χ2n) is 7.19. The number of hydrogen-bond donors (Lipinski definition) is 1. The zero-order valence-electron chi connectivity index (χ0n) is 17.9. The van der Waals surface area contributed by atoms with Gasteiger partial charge in [-0.1, -0.05) is 30.3 Å². The van der Waals surface area contributed by atoms with Crippen LogP contribution in [0.25, 0.3) is 16.8 Å². The number of fused-ring (bicyclic) bond motifs is 1. The van der Waals surface area contributed by atoms with E-state index in [2.05, 4.69) is 10.4 Å². The van der Waals surface area contributed by atoms with E-state index in [0.29, 0.717) is 21.4 Å². The fraction of sp³-hybridized carbons (Fsp3) is 0.174. The van der Waals surface area contributed by atoms with Gasteiger partial charge in [0.2, 0.25) is 0 Å². The molecule has 168 valence electrons. The fourth-order valence-corrected chi connectivity index (χ4v) is 4.24. The number of aromatic nitrogens is 2. The Labute approximate surface area is 193 Å². The number of hydrogen-bond acceptors (Lipinski definition) is 7. The molecule has 1 fully saturated rings. The molecule has 1 aromatic heterocycles. The molecule has 10 heteroatoms. The van der Waals surface area contributed by atoms with Gasteiger partial charge in [-0.2, -0.15) is 5.10 Å². The predicted octanol–water partition coefficient (Wildman–Crippen LogP) is 2.41. The maximum Gasteiger partial charge on any atom is 0.293 e. The number of carbonyl (C=O) groups is 3. The molecule has 0 spiro atoms. The first-order valence-corrected chi connectivity index (χ1v) is 10.8. The summed E-state index contributed by atoms with van der Waals surface area (Å²) in [5.41, 5.74) is 0.562. The smallest absolute Gasteiger partial charge is 0.293 e. The molecule has 0 radical (unpaired) electrons. The van der Waals surface area contributed by atoms with Crippen LogP contribution in [0.4, 0.5) is 4.79 Å². The quantitative estimate of drug-likeness (QED) is 0.558. The minimum Gasteiger partial charge on any atom is -0.497 e. The highest BCUT2D eigenvalue weighted by Gasteiger charge is 2.34. The summed E-state index contributed by atoms with van der Waals surface area (Å²) in [6.45, 7) is 0.0611. The lowest BCUT2D eigenvalue weighted by Gasteiger charge is -2.13. The largest absolute Gasteiger partial charge is 0.497 e. The van der Waals surface area contributed by atoms with Crippen LogP contribution >= 0.6 is 11.8 Å². The SMILES string of the molecule is COc1ccc(/C=C2/SC(=O)N(CCNC(=O)c3nn(C)c(=O)c4ccccc34)C2=O)cc1. The molecule has 0 saturated carbocycles.